The van der Waals surface area contributed by atoms with Crippen molar-refractivity contribution in [3.05, 3.63) is 29.3 Å². The summed E-state index contributed by atoms with van der Waals surface area (Å²) < 4.78 is 0. The summed E-state index contributed by atoms with van der Waals surface area (Å²) in [5.74, 6) is 1.70. The van der Waals surface area contributed by atoms with Crippen LogP contribution < -0.4 is 5.32 Å². The Morgan fingerprint density at radius 3 is 3.04 bits per heavy atom. The van der Waals surface area contributed by atoms with Gasteiger partial charge in [0, 0.05) is 12.6 Å². The smallest absolute Gasteiger partial charge is 0.234 e. The Hall–Kier alpha value is -1.60. The number of hydrogen-bond acceptors (Lipinski definition) is 5. The van der Waals surface area contributed by atoms with Gasteiger partial charge in [0.25, 0.3) is 0 Å². The molecular formula is C15H18ClN5OS. The molecule has 6 nitrogen and oxygen atoms in total. The Bertz CT molecular complexity index is 671. The normalized spacial score (nSPS) is 15.0. The first kappa shape index (κ1) is 16.3. The van der Waals surface area contributed by atoms with E-state index in [9.17, 15) is 4.79 Å². The minimum atomic E-state index is -0.160. The van der Waals surface area contributed by atoms with Crippen LogP contribution in [-0.4, -0.2) is 31.8 Å². The second-order valence-electron chi connectivity index (χ2n) is 5.60. The van der Waals surface area contributed by atoms with Gasteiger partial charge in [0.15, 0.2) is 5.15 Å². The Kier molecular flexibility index (Phi) is 5.51. The van der Waals surface area contributed by atoms with Crippen LogP contribution in [0.5, 0.6) is 0 Å². The summed E-state index contributed by atoms with van der Waals surface area (Å²) in [6.07, 6.45) is 7.71. The molecule has 122 valence electrons. The molecule has 2 heterocycles. The van der Waals surface area contributed by atoms with Gasteiger partial charge in [0.2, 0.25) is 11.1 Å². The van der Waals surface area contributed by atoms with Crippen molar-refractivity contribution in [2.75, 3.05) is 11.1 Å². The molecule has 0 unspecified atom stereocenters. The molecule has 0 radical (unpaired) electrons. The van der Waals surface area contributed by atoms with Gasteiger partial charge in [-0.1, -0.05) is 49.0 Å². The van der Waals surface area contributed by atoms with Gasteiger partial charge in [0.05, 0.1) is 11.4 Å². The number of anilines is 1. The SMILES string of the molecule is O=C(CSc1n[nH]c(CC2CCCC2)n1)Nc1cccnc1Cl. The zero-order valence-corrected chi connectivity index (χ0v) is 14.2. The van der Waals surface area contributed by atoms with E-state index in [1.54, 1.807) is 18.3 Å². The van der Waals surface area contributed by atoms with E-state index in [0.717, 1.165) is 18.2 Å². The van der Waals surface area contributed by atoms with E-state index in [1.807, 2.05) is 0 Å². The predicted molar refractivity (Wildman–Crippen MR) is 90.6 cm³/mol. The van der Waals surface area contributed by atoms with Gasteiger partial charge in [-0.15, -0.1) is 5.10 Å². The maximum Gasteiger partial charge on any atom is 0.234 e. The van der Waals surface area contributed by atoms with Crippen LogP contribution in [-0.2, 0) is 11.2 Å². The predicted octanol–water partition coefficient (Wildman–Crippen LogP) is 3.32. The number of H-pyrrole nitrogens is 1. The number of pyridine rings is 1. The molecule has 1 aliphatic carbocycles. The van der Waals surface area contributed by atoms with Gasteiger partial charge in [-0.05, 0) is 18.1 Å². The van der Waals surface area contributed by atoms with Gasteiger partial charge < -0.3 is 5.32 Å². The van der Waals surface area contributed by atoms with Gasteiger partial charge in [-0.25, -0.2) is 9.97 Å². The summed E-state index contributed by atoms with van der Waals surface area (Å²) in [5.41, 5.74) is 0.511. The van der Waals surface area contributed by atoms with E-state index >= 15 is 0 Å². The topological polar surface area (TPSA) is 83.6 Å². The molecule has 1 aliphatic rings. The van der Waals surface area contributed by atoms with E-state index in [4.69, 9.17) is 11.6 Å². The molecule has 0 aliphatic heterocycles. The summed E-state index contributed by atoms with van der Waals surface area (Å²) in [6, 6.07) is 3.43. The minimum absolute atomic E-state index is 0.160. The van der Waals surface area contributed by atoms with Gasteiger partial charge in [0.1, 0.15) is 5.82 Å². The molecule has 2 N–H and O–H groups in total. The van der Waals surface area contributed by atoms with Gasteiger partial charge in [-0.2, -0.15) is 0 Å². The number of rotatable bonds is 6. The second-order valence-corrected chi connectivity index (χ2v) is 6.90. The van der Waals surface area contributed by atoms with Crippen molar-refractivity contribution in [2.24, 2.45) is 5.92 Å². The van der Waals surface area contributed by atoms with Crippen LogP contribution >= 0.6 is 23.4 Å². The molecule has 0 spiro atoms. The van der Waals surface area contributed by atoms with Crippen molar-refractivity contribution in [1.29, 1.82) is 0 Å². The van der Waals surface area contributed by atoms with Crippen LogP contribution in [0.25, 0.3) is 0 Å². The van der Waals surface area contributed by atoms with Crippen molar-refractivity contribution in [3.63, 3.8) is 0 Å². The Morgan fingerprint density at radius 1 is 1.43 bits per heavy atom. The summed E-state index contributed by atoms with van der Waals surface area (Å²) in [6.45, 7) is 0. The average Bonchev–Trinajstić information content (AvgIpc) is 3.20. The third-order valence-electron chi connectivity index (χ3n) is 3.83. The van der Waals surface area contributed by atoms with Gasteiger partial charge in [-0.3, -0.25) is 9.89 Å². The highest BCUT2D eigenvalue weighted by Gasteiger charge is 2.17. The highest BCUT2D eigenvalue weighted by atomic mass is 35.5. The van der Waals surface area contributed by atoms with Crippen LogP contribution in [0.2, 0.25) is 5.15 Å². The van der Waals surface area contributed by atoms with E-state index < -0.39 is 0 Å². The lowest BCUT2D eigenvalue weighted by Gasteiger charge is -2.05. The lowest BCUT2D eigenvalue weighted by Crippen LogP contribution is -2.14. The monoisotopic (exact) mass is 351 g/mol. The van der Waals surface area contributed by atoms with E-state index in [-0.39, 0.29) is 16.8 Å². The average molecular weight is 352 g/mol. The molecule has 1 amide bonds. The standard InChI is InChI=1S/C15H18ClN5OS/c16-14-11(6-3-7-17-14)18-13(22)9-23-15-19-12(20-21-15)8-10-4-1-2-5-10/h3,6-7,10H,1-2,4-5,8-9H2,(H,18,22)(H,19,20,21). The summed E-state index contributed by atoms with van der Waals surface area (Å²) >= 11 is 7.21. The lowest BCUT2D eigenvalue weighted by atomic mass is 10.0. The van der Waals surface area contributed by atoms with Crippen molar-refractivity contribution >= 4 is 35.0 Å². The van der Waals surface area contributed by atoms with Crippen molar-refractivity contribution in [2.45, 2.75) is 37.3 Å². The summed E-state index contributed by atoms with van der Waals surface area (Å²) in [4.78, 5) is 20.3. The fraction of sp³-hybridized carbons (Fsp3) is 0.467. The van der Waals surface area contributed by atoms with Crippen LogP contribution in [0.4, 0.5) is 5.69 Å². The fourth-order valence-corrected chi connectivity index (χ4v) is 3.50. The van der Waals surface area contributed by atoms with Gasteiger partial charge >= 0.3 is 0 Å². The van der Waals surface area contributed by atoms with Crippen molar-refractivity contribution in [1.82, 2.24) is 20.2 Å². The third kappa shape index (κ3) is 4.68. The minimum Gasteiger partial charge on any atom is -0.323 e. The zero-order chi connectivity index (χ0) is 16.1. The molecule has 0 aromatic carbocycles. The number of aromatic amines is 1. The van der Waals surface area contributed by atoms with Crippen molar-refractivity contribution in [3.8, 4) is 0 Å². The number of thioether (sulfide) groups is 1. The molecule has 23 heavy (non-hydrogen) atoms. The molecule has 1 fully saturated rings. The Morgan fingerprint density at radius 2 is 2.26 bits per heavy atom. The largest absolute Gasteiger partial charge is 0.323 e. The number of carbonyl (C=O) groups excluding carboxylic acids is 1. The Balaban J connectivity index is 1.47. The fourth-order valence-electron chi connectivity index (χ4n) is 2.72. The summed E-state index contributed by atoms with van der Waals surface area (Å²) in [5, 5.41) is 10.7. The van der Waals surface area contributed by atoms with Crippen molar-refractivity contribution < 1.29 is 4.79 Å². The molecule has 8 heteroatoms. The molecule has 0 saturated heterocycles. The zero-order valence-electron chi connectivity index (χ0n) is 12.6. The summed E-state index contributed by atoms with van der Waals surface area (Å²) in [7, 11) is 0. The maximum atomic E-state index is 11.9. The molecule has 2 aromatic heterocycles. The lowest BCUT2D eigenvalue weighted by molar-refractivity contribution is -0.113. The number of aromatic nitrogens is 4. The molecule has 3 rings (SSSR count). The van der Waals surface area contributed by atoms with E-state index in [2.05, 4.69) is 25.5 Å². The quantitative estimate of drug-likeness (QED) is 0.616. The first-order valence-corrected chi connectivity index (χ1v) is 9.01. The van der Waals surface area contributed by atoms with Crippen LogP contribution in [0.3, 0.4) is 0 Å². The number of halogens is 1. The Labute approximate surface area is 143 Å². The van der Waals surface area contributed by atoms with Crippen LogP contribution in [0, 0.1) is 5.92 Å². The molecule has 0 atom stereocenters. The van der Waals surface area contributed by atoms with E-state index in [1.165, 1.54) is 37.4 Å². The van der Waals surface area contributed by atoms with Crippen LogP contribution in [0.1, 0.15) is 31.5 Å². The number of carbonyl (C=O) groups is 1. The highest BCUT2D eigenvalue weighted by Crippen LogP contribution is 2.27. The number of nitrogens with one attached hydrogen (secondary N) is 2. The number of hydrogen-bond donors (Lipinski definition) is 2. The van der Waals surface area contributed by atoms with Crippen LogP contribution in [0.15, 0.2) is 23.5 Å². The first-order chi connectivity index (χ1) is 11.2. The molecule has 1 saturated carbocycles. The number of amides is 1. The molecule has 0 bridgehead atoms. The van der Waals surface area contributed by atoms with E-state index in [0.29, 0.717) is 10.8 Å². The maximum absolute atomic E-state index is 11.9. The first-order valence-electron chi connectivity index (χ1n) is 7.65. The molecule has 2 aromatic rings. The highest BCUT2D eigenvalue weighted by molar-refractivity contribution is 7.99. The second kappa shape index (κ2) is 7.79. The molecular weight excluding hydrogens is 334 g/mol. The number of nitrogens with zero attached hydrogens (tertiary/aromatic N) is 3. The third-order valence-corrected chi connectivity index (χ3v) is 4.98.